The van der Waals surface area contributed by atoms with Crippen molar-refractivity contribution in [1.29, 1.82) is 0 Å². The lowest BCUT2D eigenvalue weighted by molar-refractivity contribution is -0.140. The largest absolute Gasteiger partial charge is 0.381 e. The highest BCUT2D eigenvalue weighted by atomic mass is 16.5. The molecule has 0 radical (unpaired) electrons. The van der Waals surface area contributed by atoms with E-state index in [1.807, 2.05) is 0 Å². The van der Waals surface area contributed by atoms with Crippen LogP contribution in [0.25, 0.3) is 0 Å². The Morgan fingerprint density at radius 2 is 2.13 bits per heavy atom. The third-order valence-corrected chi connectivity index (χ3v) is 2.30. The molecule has 0 spiro atoms. The normalized spacial score (nSPS) is 16.9. The first-order chi connectivity index (χ1) is 7.11. The second-order valence-corrected chi connectivity index (χ2v) is 4.29. The second-order valence-electron chi connectivity index (χ2n) is 4.29. The highest BCUT2D eigenvalue weighted by molar-refractivity contribution is 6.37. The SMILES string of the molecule is CC(C)COCCCN1CCC(=O)C1=O. The van der Waals surface area contributed by atoms with Crippen LogP contribution in [-0.4, -0.2) is 42.9 Å². The maximum Gasteiger partial charge on any atom is 0.290 e. The summed E-state index contributed by atoms with van der Waals surface area (Å²) in [6.45, 7) is 6.85. The van der Waals surface area contributed by atoms with Gasteiger partial charge in [0.2, 0.25) is 5.78 Å². The number of rotatable bonds is 6. The van der Waals surface area contributed by atoms with Gasteiger partial charge in [0.05, 0.1) is 0 Å². The Balaban J connectivity index is 2.06. The molecule has 4 heteroatoms. The lowest BCUT2D eigenvalue weighted by Gasteiger charge is -2.14. The van der Waals surface area contributed by atoms with Crippen LogP contribution < -0.4 is 0 Å². The van der Waals surface area contributed by atoms with Gasteiger partial charge >= 0.3 is 0 Å². The highest BCUT2D eigenvalue weighted by Crippen LogP contribution is 2.06. The molecule has 0 unspecified atom stereocenters. The Morgan fingerprint density at radius 3 is 2.67 bits per heavy atom. The van der Waals surface area contributed by atoms with Crippen molar-refractivity contribution in [2.75, 3.05) is 26.3 Å². The molecule has 0 N–H and O–H groups in total. The molecule has 0 atom stereocenters. The van der Waals surface area contributed by atoms with Crippen LogP contribution in [0.4, 0.5) is 0 Å². The van der Waals surface area contributed by atoms with Crippen molar-refractivity contribution in [1.82, 2.24) is 4.90 Å². The molecule has 0 aromatic heterocycles. The van der Waals surface area contributed by atoms with Gasteiger partial charge in [0.15, 0.2) is 0 Å². The number of Topliss-reactive ketones (excluding diaryl/α,β-unsaturated/α-hetero) is 1. The van der Waals surface area contributed by atoms with Gasteiger partial charge in [-0.1, -0.05) is 13.8 Å². The molecule has 0 bridgehead atoms. The molecule has 1 saturated heterocycles. The smallest absolute Gasteiger partial charge is 0.290 e. The third-order valence-electron chi connectivity index (χ3n) is 2.30. The van der Waals surface area contributed by atoms with Crippen molar-refractivity contribution in [3.05, 3.63) is 0 Å². The number of amides is 1. The lowest BCUT2D eigenvalue weighted by atomic mass is 10.2. The van der Waals surface area contributed by atoms with E-state index in [1.165, 1.54) is 0 Å². The van der Waals surface area contributed by atoms with Crippen LogP contribution >= 0.6 is 0 Å². The standard InChI is InChI=1S/C11H19NO3/c1-9(2)8-15-7-3-5-12-6-4-10(13)11(12)14/h9H,3-8H2,1-2H3. The molecular formula is C11H19NO3. The van der Waals surface area contributed by atoms with E-state index in [1.54, 1.807) is 4.90 Å². The van der Waals surface area contributed by atoms with E-state index < -0.39 is 0 Å². The molecule has 4 nitrogen and oxygen atoms in total. The van der Waals surface area contributed by atoms with E-state index in [4.69, 9.17) is 4.74 Å². The summed E-state index contributed by atoms with van der Waals surface area (Å²) in [6, 6.07) is 0. The predicted octanol–water partition coefficient (Wildman–Crippen LogP) is 0.851. The maximum atomic E-state index is 11.2. The van der Waals surface area contributed by atoms with Gasteiger partial charge in [0.1, 0.15) is 0 Å². The molecule has 86 valence electrons. The number of nitrogens with zero attached hydrogens (tertiary/aromatic N) is 1. The van der Waals surface area contributed by atoms with E-state index in [0.29, 0.717) is 32.0 Å². The topological polar surface area (TPSA) is 46.6 Å². The zero-order chi connectivity index (χ0) is 11.3. The van der Waals surface area contributed by atoms with Crippen LogP contribution in [-0.2, 0) is 14.3 Å². The second kappa shape index (κ2) is 5.85. The lowest BCUT2D eigenvalue weighted by Crippen LogP contribution is -2.29. The molecule has 1 rings (SSSR count). The molecule has 0 aliphatic carbocycles. The number of carbonyl (C=O) groups excluding carboxylic acids is 2. The number of likely N-dealkylation sites (tertiary alicyclic amines) is 1. The number of ether oxygens (including phenoxy) is 1. The van der Waals surface area contributed by atoms with Gasteiger partial charge < -0.3 is 9.64 Å². The monoisotopic (exact) mass is 213 g/mol. The Bertz CT molecular complexity index is 238. The minimum Gasteiger partial charge on any atom is -0.381 e. The summed E-state index contributed by atoms with van der Waals surface area (Å²) in [6.07, 6.45) is 1.19. The van der Waals surface area contributed by atoms with Crippen molar-refractivity contribution < 1.29 is 14.3 Å². The molecule has 1 aliphatic heterocycles. The Morgan fingerprint density at radius 1 is 1.40 bits per heavy atom. The molecule has 1 heterocycles. The van der Waals surface area contributed by atoms with E-state index in [0.717, 1.165) is 13.0 Å². The predicted molar refractivity (Wildman–Crippen MR) is 56.5 cm³/mol. The Kier molecular flexibility index (Phi) is 4.75. The summed E-state index contributed by atoms with van der Waals surface area (Å²) in [5.41, 5.74) is 0. The summed E-state index contributed by atoms with van der Waals surface area (Å²) in [5, 5.41) is 0. The van der Waals surface area contributed by atoms with Crippen LogP contribution in [0.1, 0.15) is 26.7 Å². The number of hydrogen-bond acceptors (Lipinski definition) is 3. The van der Waals surface area contributed by atoms with Gasteiger partial charge in [-0.05, 0) is 12.3 Å². The number of hydrogen-bond donors (Lipinski definition) is 0. The molecule has 1 aliphatic rings. The summed E-state index contributed by atoms with van der Waals surface area (Å²) in [5.74, 6) is -0.0306. The van der Waals surface area contributed by atoms with E-state index >= 15 is 0 Å². The van der Waals surface area contributed by atoms with E-state index in [2.05, 4.69) is 13.8 Å². The maximum absolute atomic E-state index is 11.2. The van der Waals surface area contributed by atoms with Crippen LogP contribution in [0.5, 0.6) is 0 Å². The molecule has 1 amide bonds. The molecular weight excluding hydrogens is 194 g/mol. The summed E-state index contributed by atoms with van der Waals surface area (Å²) >= 11 is 0. The van der Waals surface area contributed by atoms with Crippen LogP contribution in [0.3, 0.4) is 0 Å². The van der Waals surface area contributed by atoms with Gasteiger partial charge in [-0.3, -0.25) is 9.59 Å². The van der Waals surface area contributed by atoms with Crippen LogP contribution in [0.15, 0.2) is 0 Å². The average molecular weight is 213 g/mol. The van der Waals surface area contributed by atoms with Crippen molar-refractivity contribution in [2.24, 2.45) is 5.92 Å². The van der Waals surface area contributed by atoms with Crippen molar-refractivity contribution in [2.45, 2.75) is 26.7 Å². The zero-order valence-electron chi connectivity index (χ0n) is 9.49. The van der Waals surface area contributed by atoms with Crippen LogP contribution in [0.2, 0.25) is 0 Å². The van der Waals surface area contributed by atoms with Gasteiger partial charge in [-0.2, -0.15) is 0 Å². The van der Waals surface area contributed by atoms with Crippen molar-refractivity contribution in [3.8, 4) is 0 Å². The third kappa shape index (κ3) is 4.00. The van der Waals surface area contributed by atoms with Gasteiger partial charge in [-0.25, -0.2) is 0 Å². The zero-order valence-corrected chi connectivity index (χ0v) is 9.49. The highest BCUT2D eigenvalue weighted by Gasteiger charge is 2.28. The fourth-order valence-electron chi connectivity index (χ4n) is 1.51. The molecule has 15 heavy (non-hydrogen) atoms. The first kappa shape index (κ1) is 12.2. The molecule has 0 aromatic rings. The Labute approximate surface area is 90.6 Å². The first-order valence-corrected chi connectivity index (χ1v) is 5.51. The fourth-order valence-corrected chi connectivity index (χ4v) is 1.51. The number of carbonyl (C=O) groups is 2. The minimum atomic E-state index is -0.321. The van der Waals surface area contributed by atoms with Crippen molar-refractivity contribution in [3.63, 3.8) is 0 Å². The first-order valence-electron chi connectivity index (χ1n) is 5.51. The summed E-state index contributed by atoms with van der Waals surface area (Å²) in [4.78, 5) is 23.8. The van der Waals surface area contributed by atoms with Crippen LogP contribution in [0, 0.1) is 5.92 Å². The quantitative estimate of drug-likeness (QED) is 0.485. The van der Waals surface area contributed by atoms with Gasteiger partial charge in [0, 0.05) is 32.7 Å². The van der Waals surface area contributed by atoms with E-state index in [-0.39, 0.29) is 11.7 Å². The molecule has 0 aromatic carbocycles. The average Bonchev–Trinajstić information content (AvgIpc) is 2.48. The minimum absolute atomic E-state index is 0.252. The Hall–Kier alpha value is -0.900. The summed E-state index contributed by atoms with van der Waals surface area (Å²) < 4.78 is 5.39. The summed E-state index contributed by atoms with van der Waals surface area (Å²) in [7, 11) is 0. The number of ketones is 1. The van der Waals surface area contributed by atoms with E-state index in [9.17, 15) is 9.59 Å². The fraction of sp³-hybridized carbons (Fsp3) is 0.818. The van der Waals surface area contributed by atoms with Gasteiger partial charge in [-0.15, -0.1) is 0 Å². The van der Waals surface area contributed by atoms with Crippen molar-refractivity contribution >= 4 is 11.7 Å². The molecule has 1 fully saturated rings. The van der Waals surface area contributed by atoms with Gasteiger partial charge in [0.25, 0.3) is 5.91 Å². The molecule has 0 saturated carbocycles.